The third-order valence-electron chi connectivity index (χ3n) is 5.92. The summed E-state index contributed by atoms with van der Waals surface area (Å²) in [7, 11) is 0. The molecule has 0 bridgehead atoms. The molecule has 1 amide bonds. The first kappa shape index (κ1) is 21.0. The lowest BCUT2D eigenvalue weighted by molar-refractivity contribution is 0.0358. The summed E-state index contributed by atoms with van der Waals surface area (Å²) in [6, 6.07) is 17.0. The van der Waals surface area contributed by atoms with Crippen LogP contribution in [0.5, 0.6) is 11.5 Å². The van der Waals surface area contributed by atoms with Crippen molar-refractivity contribution >= 4 is 11.6 Å². The summed E-state index contributed by atoms with van der Waals surface area (Å²) in [6.45, 7) is 4.90. The molecule has 0 saturated heterocycles. The molecule has 4 N–H and O–H groups in total. The minimum Gasteiger partial charge on any atom is -0.457 e. The Morgan fingerprint density at radius 3 is 2.61 bits per heavy atom. The van der Waals surface area contributed by atoms with E-state index < -0.39 is 12.1 Å². The molecule has 0 spiro atoms. The van der Waals surface area contributed by atoms with Crippen LogP contribution >= 0.6 is 0 Å². The quantitative estimate of drug-likeness (QED) is 0.396. The molecule has 3 heterocycles. The second-order valence-corrected chi connectivity index (χ2v) is 8.05. The Kier molecular flexibility index (Phi) is 5.45. The fraction of sp³-hybridized carbons (Fsp3) is 0.200. The molecular weight excluding hydrogens is 418 g/mol. The van der Waals surface area contributed by atoms with Crippen LogP contribution in [0.2, 0.25) is 0 Å². The number of primary amides is 1. The van der Waals surface area contributed by atoms with Gasteiger partial charge in [-0.15, -0.1) is 0 Å². The van der Waals surface area contributed by atoms with Crippen LogP contribution in [0.4, 0.5) is 0 Å². The minimum atomic E-state index is -0.747. The van der Waals surface area contributed by atoms with Crippen LogP contribution in [0.15, 0.2) is 67.3 Å². The van der Waals surface area contributed by atoms with Gasteiger partial charge in [0.15, 0.2) is 5.65 Å². The molecule has 168 valence electrons. The van der Waals surface area contributed by atoms with E-state index in [-0.39, 0.29) is 0 Å². The number of para-hydroxylation sites is 1. The molecule has 1 unspecified atom stereocenters. The zero-order valence-electron chi connectivity index (χ0n) is 18.1. The number of ether oxygens (including phenoxy) is 1. The predicted molar refractivity (Wildman–Crippen MR) is 125 cm³/mol. The van der Waals surface area contributed by atoms with E-state index in [1.54, 1.807) is 0 Å². The molecular formula is C25H25N5O3. The predicted octanol–water partition coefficient (Wildman–Crippen LogP) is 3.47. The number of rotatable bonds is 6. The minimum absolute atomic E-state index is 0.343. The summed E-state index contributed by atoms with van der Waals surface area (Å²) < 4.78 is 7.68. The summed E-state index contributed by atoms with van der Waals surface area (Å²) in [6.07, 6.45) is 2.37. The SMILES string of the molecule is C=CC(O)N1CCCc2nc3c(C(N)=O)c(-c4ccc(Oc5ccccc5)cc4)[nH]n3c2C1. The highest BCUT2D eigenvalue weighted by atomic mass is 16.5. The average molecular weight is 444 g/mol. The van der Waals surface area contributed by atoms with E-state index >= 15 is 0 Å². The molecule has 8 nitrogen and oxygen atoms in total. The third-order valence-corrected chi connectivity index (χ3v) is 5.92. The number of nitrogens with two attached hydrogens (primary N) is 1. The molecule has 0 radical (unpaired) electrons. The Balaban J connectivity index is 1.53. The van der Waals surface area contributed by atoms with Gasteiger partial charge in [0.05, 0.1) is 17.1 Å². The van der Waals surface area contributed by atoms with Crippen molar-refractivity contribution in [1.82, 2.24) is 19.5 Å². The van der Waals surface area contributed by atoms with Crippen molar-refractivity contribution in [3.05, 3.63) is 84.2 Å². The molecule has 5 rings (SSSR count). The summed E-state index contributed by atoms with van der Waals surface area (Å²) >= 11 is 0. The maximum Gasteiger partial charge on any atom is 0.254 e. The number of aryl methyl sites for hydroxylation is 1. The second-order valence-electron chi connectivity index (χ2n) is 8.05. The Bertz CT molecular complexity index is 1310. The number of aromatic nitrogens is 3. The molecule has 0 saturated carbocycles. The van der Waals surface area contributed by atoms with Gasteiger partial charge >= 0.3 is 0 Å². The standard InChI is InChI=1S/C25H25N5O3/c1-2-21(31)29-14-6-9-19-20(15-29)30-25(27-19)22(24(26)32)23(28-30)16-10-12-18(13-11-16)33-17-7-4-3-5-8-17/h2-5,7-8,10-13,21,28,31H,1,6,9,14-15H2,(H2,26,32). The van der Waals surface area contributed by atoms with Crippen molar-refractivity contribution in [3.63, 3.8) is 0 Å². The molecule has 0 fully saturated rings. The van der Waals surface area contributed by atoms with Crippen LogP contribution in [0.25, 0.3) is 16.9 Å². The van der Waals surface area contributed by atoms with E-state index in [0.717, 1.165) is 42.1 Å². The zero-order valence-corrected chi connectivity index (χ0v) is 18.1. The summed E-state index contributed by atoms with van der Waals surface area (Å²) in [5, 5.41) is 13.6. The van der Waals surface area contributed by atoms with E-state index in [4.69, 9.17) is 15.5 Å². The lowest BCUT2D eigenvalue weighted by atomic mass is 10.1. The number of H-pyrrole nitrogens is 1. The number of hydrogen-bond acceptors (Lipinski definition) is 5. The van der Waals surface area contributed by atoms with Crippen LogP contribution in [-0.4, -0.2) is 43.3 Å². The number of aromatic amines is 1. The molecule has 2 aromatic heterocycles. The topological polar surface area (TPSA) is 109 Å². The largest absolute Gasteiger partial charge is 0.457 e. The summed E-state index contributed by atoms with van der Waals surface area (Å²) in [4.78, 5) is 19.1. The van der Waals surface area contributed by atoms with Gasteiger partial charge in [0.1, 0.15) is 23.3 Å². The van der Waals surface area contributed by atoms with Crippen LogP contribution in [0, 0.1) is 0 Å². The van der Waals surface area contributed by atoms with E-state index in [9.17, 15) is 9.90 Å². The van der Waals surface area contributed by atoms with Gasteiger partial charge in [-0.25, -0.2) is 9.50 Å². The molecule has 0 aliphatic carbocycles. The van der Waals surface area contributed by atoms with Crippen LogP contribution in [-0.2, 0) is 13.0 Å². The highest BCUT2D eigenvalue weighted by Crippen LogP contribution is 2.31. The molecule has 4 aromatic rings. The number of amides is 1. The zero-order chi connectivity index (χ0) is 22.9. The molecule has 2 aromatic carbocycles. The molecule has 8 heteroatoms. The highest BCUT2D eigenvalue weighted by Gasteiger charge is 2.27. The average Bonchev–Trinajstić information content (AvgIpc) is 3.27. The number of hydrogen-bond donors (Lipinski definition) is 3. The number of benzene rings is 2. The molecule has 1 aliphatic heterocycles. The lowest BCUT2D eigenvalue weighted by Gasteiger charge is -2.23. The fourth-order valence-electron chi connectivity index (χ4n) is 4.28. The van der Waals surface area contributed by atoms with Crippen molar-refractivity contribution in [2.45, 2.75) is 25.6 Å². The van der Waals surface area contributed by atoms with E-state index in [1.807, 2.05) is 64.0 Å². The van der Waals surface area contributed by atoms with Crippen LogP contribution in [0.1, 0.15) is 28.2 Å². The van der Waals surface area contributed by atoms with Crippen molar-refractivity contribution in [2.24, 2.45) is 5.73 Å². The van der Waals surface area contributed by atoms with Gasteiger partial charge in [-0.1, -0.05) is 24.8 Å². The first-order chi connectivity index (χ1) is 16.0. The van der Waals surface area contributed by atoms with Gasteiger partial charge < -0.3 is 15.6 Å². The number of carbonyl (C=O) groups is 1. The number of nitrogens with one attached hydrogen (secondary N) is 1. The monoisotopic (exact) mass is 443 g/mol. The van der Waals surface area contributed by atoms with Gasteiger partial charge in [-0.05, 0) is 55.3 Å². The van der Waals surface area contributed by atoms with Gasteiger partial charge in [-0.2, -0.15) is 0 Å². The number of fused-ring (bicyclic) bond motifs is 3. The van der Waals surface area contributed by atoms with Crippen molar-refractivity contribution in [3.8, 4) is 22.8 Å². The van der Waals surface area contributed by atoms with Crippen molar-refractivity contribution in [1.29, 1.82) is 0 Å². The fourth-order valence-corrected chi connectivity index (χ4v) is 4.28. The number of aliphatic hydroxyl groups is 1. The molecule has 1 atom stereocenters. The highest BCUT2D eigenvalue weighted by molar-refractivity contribution is 6.04. The number of nitrogens with zero attached hydrogens (tertiary/aromatic N) is 3. The normalized spacial score (nSPS) is 15.1. The smallest absolute Gasteiger partial charge is 0.254 e. The Labute approximate surface area is 190 Å². The van der Waals surface area contributed by atoms with Gasteiger partial charge in [-0.3, -0.25) is 14.8 Å². The van der Waals surface area contributed by atoms with E-state index in [0.29, 0.717) is 29.2 Å². The van der Waals surface area contributed by atoms with Gasteiger partial charge in [0.2, 0.25) is 0 Å². The molecule has 1 aliphatic rings. The van der Waals surface area contributed by atoms with E-state index in [2.05, 4.69) is 11.7 Å². The summed E-state index contributed by atoms with van der Waals surface area (Å²) in [5.41, 5.74) is 9.82. The Morgan fingerprint density at radius 2 is 1.91 bits per heavy atom. The number of carbonyl (C=O) groups excluding carboxylic acids is 1. The Morgan fingerprint density at radius 1 is 1.18 bits per heavy atom. The Hall–Kier alpha value is -3.88. The molecule has 33 heavy (non-hydrogen) atoms. The van der Waals surface area contributed by atoms with Gasteiger partial charge in [0.25, 0.3) is 5.91 Å². The van der Waals surface area contributed by atoms with Crippen molar-refractivity contribution in [2.75, 3.05) is 6.54 Å². The van der Waals surface area contributed by atoms with Gasteiger partial charge in [0, 0.05) is 18.7 Å². The van der Waals surface area contributed by atoms with E-state index in [1.165, 1.54) is 6.08 Å². The first-order valence-electron chi connectivity index (χ1n) is 10.8. The maximum atomic E-state index is 12.4. The van der Waals surface area contributed by atoms with Crippen molar-refractivity contribution < 1.29 is 14.6 Å². The first-order valence-corrected chi connectivity index (χ1v) is 10.8. The second kappa shape index (κ2) is 8.57. The van der Waals surface area contributed by atoms with Crippen LogP contribution in [0.3, 0.4) is 0 Å². The third kappa shape index (κ3) is 3.90. The van der Waals surface area contributed by atoms with Crippen LogP contribution < -0.4 is 10.5 Å². The summed E-state index contributed by atoms with van der Waals surface area (Å²) in [5.74, 6) is 0.879. The maximum absolute atomic E-state index is 12.4. The number of imidazole rings is 1. The number of aliphatic hydroxyl groups excluding tert-OH is 1. The lowest BCUT2D eigenvalue weighted by Crippen LogP contribution is -2.33.